The Hall–Kier alpha value is -1.89. The lowest BCUT2D eigenvalue weighted by Crippen LogP contribution is -2.46. The van der Waals surface area contributed by atoms with E-state index in [0.29, 0.717) is 17.7 Å². The Labute approximate surface area is 167 Å². The smallest absolute Gasteiger partial charge is 0.414 e. The average molecular weight is 395 g/mol. The van der Waals surface area contributed by atoms with E-state index in [1.165, 1.54) is 38.6 Å². The number of hydrogen-bond donors (Lipinski definition) is 2. The molecule has 0 radical (unpaired) electrons. The van der Waals surface area contributed by atoms with Gasteiger partial charge in [-0.15, -0.1) is 0 Å². The molecule has 2 heterocycles. The van der Waals surface area contributed by atoms with Crippen molar-refractivity contribution in [2.75, 3.05) is 32.7 Å². The number of piperidine rings is 2. The van der Waals surface area contributed by atoms with Crippen molar-refractivity contribution in [1.82, 2.24) is 9.80 Å². The van der Waals surface area contributed by atoms with Gasteiger partial charge >= 0.3 is 11.9 Å². The minimum absolute atomic E-state index is 0.299. The molecular weight excluding hydrogens is 360 g/mol. The van der Waals surface area contributed by atoms with E-state index >= 15 is 0 Å². The first-order chi connectivity index (χ1) is 13.4. The van der Waals surface area contributed by atoms with Crippen molar-refractivity contribution in [2.45, 2.75) is 51.9 Å². The summed E-state index contributed by atoms with van der Waals surface area (Å²) in [5.74, 6) is -1.36. The molecule has 28 heavy (non-hydrogen) atoms. The van der Waals surface area contributed by atoms with Crippen LogP contribution in [0.15, 0.2) is 12.2 Å². The average Bonchev–Trinajstić information content (AvgIpc) is 2.69. The molecule has 2 saturated heterocycles. The highest BCUT2D eigenvalue weighted by Gasteiger charge is 2.31. The zero-order valence-corrected chi connectivity index (χ0v) is 16.9. The number of carboxylic acid groups (broad SMARTS) is 2. The highest BCUT2D eigenvalue weighted by atomic mass is 16.4. The summed E-state index contributed by atoms with van der Waals surface area (Å²) in [6, 6.07) is 0. The molecule has 0 spiro atoms. The maximum atomic E-state index is 12.7. The highest BCUT2D eigenvalue weighted by Crippen LogP contribution is 2.26. The number of carbonyl (C=O) groups excluding carboxylic acids is 1. The number of nitrogens with zero attached hydrogens (tertiary/aromatic N) is 2. The quantitative estimate of drug-likeness (QED) is 0.564. The van der Waals surface area contributed by atoms with Crippen LogP contribution in [0, 0.1) is 17.8 Å². The van der Waals surface area contributed by atoms with Gasteiger partial charge in [-0.25, -0.2) is 9.59 Å². The fourth-order valence-corrected chi connectivity index (χ4v) is 4.40. The minimum Gasteiger partial charge on any atom is -0.473 e. The number of rotatable bonds is 3. The summed E-state index contributed by atoms with van der Waals surface area (Å²) >= 11 is 0. The van der Waals surface area contributed by atoms with Crippen molar-refractivity contribution < 1.29 is 24.6 Å². The molecule has 1 aliphatic carbocycles. The summed E-state index contributed by atoms with van der Waals surface area (Å²) in [4.78, 5) is 35.6. The third kappa shape index (κ3) is 7.26. The zero-order valence-electron chi connectivity index (χ0n) is 16.9. The van der Waals surface area contributed by atoms with Gasteiger partial charge in [0.05, 0.1) is 0 Å². The van der Waals surface area contributed by atoms with Crippen LogP contribution in [0.2, 0.25) is 0 Å². The van der Waals surface area contributed by atoms with Crippen molar-refractivity contribution in [3.05, 3.63) is 12.2 Å². The molecule has 3 rings (SSSR count). The van der Waals surface area contributed by atoms with Crippen LogP contribution in [0.5, 0.6) is 0 Å². The Bertz CT molecular complexity index is 557. The van der Waals surface area contributed by atoms with Gasteiger partial charge in [0.1, 0.15) is 0 Å². The second kappa shape index (κ2) is 11.2. The molecule has 0 aromatic rings. The van der Waals surface area contributed by atoms with E-state index < -0.39 is 11.9 Å². The van der Waals surface area contributed by atoms with E-state index in [9.17, 15) is 4.79 Å². The van der Waals surface area contributed by atoms with Gasteiger partial charge in [-0.1, -0.05) is 19.1 Å². The molecule has 2 fully saturated rings. The molecule has 0 aromatic heterocycles. The van der Waals surface area contributed by atoms with Crippen LogP contribution in [0.1, 0.15) is 51.9 Å². The predicted octanol–water partition coefficient (Wildman–Crippen LogP) is 2.47. The summed E-state index contributed by atoms with van der Waals surface area (Å²) < 4.78 is 0. The van der Waals surface area contributed by atoms with Crippen LogP contribution in [-0.2, 0) is 14.4 Å². The molecular formula is C21H34N2O5. The lowest BCUT2D eigenvalue weighted by Gasteiger charge is -2.38. The first-order valence-electron chi connectivity index (χ1n) is 10.5. The number of amides is 1. The van der Waals surface area contributed by atoms with Crippen LogP contribution in [0.4, 0.5) is 0 Å². The molecule has 7 nitrogen and oxygen atoms in total. The summed E-state index contributed by atoms with van der Waals surface area (Å²) in [6.45, 7) is 7.76. The van der Waals surface area contributed by atoms with Gasteiger partial charge in [-0.2, -0.15) is 0 Å². The van der Waals surface area contributed by atoms with Gasteiger partial charge in [0.2, 0.25) is 5.91 Å². The number of hydrogen-bond acceptors (Lipinski definition) is 4. The van der Waals surface area contributed by atoms with E-state index in [4.69, 9.17) is 19.8 Å². The maximum Gasteiger partial charge on any atom is 0.414 e. The first kappa shape index (κ1) is 22.4. The summed E-state index contributed by atoms with van der Waals surface area (Å²) in [7, 11) is 0. The van der Waals surface area contributed by atoms with E-state index in [1.807, 2.05) is 0 Å². The molecule has 2 unspecified atom stereocenters. The SMILES string of the molecule is CC1CCCN(C(=O)C2CCN(CC3CC=CCC3)CC2)C1.O=C(O)C(=O)O. The second-order valence-electron chi connectivity index (χ2n) is 8.37. The van der Waals surface area contributed by atoms with Gasteiger partial charge in [0.15, 0.2) is 0 Å². The zero-order chi connectivity index (χ0) is 20.5. The number of aliphatic carboxylic acids is 2. The molecule has 2 N–H and O–H groups in total. The predicted molar refractivity (Wildman–Crippen MR) is 106 cm³/mol. The molecule has 3 aliphatic rings. The number of carbonyl (C=O) groups is 3. The Morgan fingerprint density at radius 3 is 2.18 bits per heavy atom. The van der Waals surface area contributed by atoms with Crippen molar-refractivity contribution >= 4 is 17.8 Å². The van der Waals surface area contributed by atoms with E-state index in [-0.39, 0.29) is 0 Å². The molecule has 158 valence electrons. The first-order valence-corrected chi connectivity index (χ1v) is 10.5. The molecule has 2 atom stereocenters. The largest absolute Gasteiger partial charge is 0.473 e. The highest BCUT2D eigenvalue weighted by molar-refractivity contribution is 6.27. The van der Waals surface area contributed by atoms with Crippen LogP contribution in [-0.4, -0.2) is 70.6 Å². The standard InChI is InChI=1S/C19H32N2O.C2H2O4/c1-16-6-5-11-21(14-16)19(22)18-9-12-20(13-10-18)15-17-7-3-2-4-8-17;3-1(4)2(5)6/h2-3,16-18H,4-15H2,1H3;(H,3,4)(H,5,6). The third-order valence-corrected chi connectivity index (χ3v) is 5.98. The Balaban J connectivity index is 0.000000409. The third-order valence-electron chi connectivity index (χ3n) is 5.98. The Kier molecular flexibility index (Phi) is 8.96. The summed E-state index contributed by atoms with van der Waals surface area (Å²) in [5.41, 5.74) is 0. The van der Waals surface area contributed by atoms with Crippen LogP contribution < -0.4 is 0 Å². The van der Waals surface area contributed by atoms with Crippen molar-refractivity contribution in [3.63, 3.8) is 0 Å². The monoisotopic (exact) mass is 394 g/mol. The molecule has 0 aromatic carbocycles. The summed E-state index contributed by atoms with van der Waals surface area (Å²) in [5, 5.41) is 14.8. The Morgan fingerprint density at radius 1 is 0.964 bits per heavy atom. The van der Waals surface area contributed by atoms with Crippen LogP contribution in [0.3, 0.4) is 0 Å². The van der Waals surface area contributed by atoms with Gasteiger partial charge in [-0.05, 0) is 69.9 Å². The van der Waals surface area contributed by atoms with Gasteiger partial charge < -0.3 is 20.0 Å². The number of allylic oxidation sites excluding steroid dienone is 2. The topological polar surface area (TPSA) is 98.2 Å². The van der Waals surface area contributed by atoms with Crippen LogP contribution >= 0.6 is 0 Å². The summed E-state index contributed by atoms with van der Waals surface area (Å²) in [6.07, 6.45) is 13.2. The fraction of sp³-hybridized carbons (Fsp3) is 0.762. The second-order valence-corrected chi connectivity index (χ2v) is 8.37. The van der Waals surface area contributed by atoms with Crippen molar-refractivity contribution in [1.29, 1.82) is 0 Å². The number of carboxylic acids is 2. The molecule has 7 heteroatoms. The van der Waals surface area contributed by atoms with Crippen molar-refractivity contribution in [2.24, 2.45) is 17.8 Å². The van der Waals surface area contributed by atoms with Crippen molar-refractivity contribution in [3.8, 4) is 0 Å². The minimum atomic E-state index is -1.82. The lowest BCUT2D eigenvalue weighted by atomic mass is 9.90. The molecule has 0 saturated carbocycles. The Morgan fingerprint density at radius 2 is 1.64 bits per heavy atom. The number of likely N-dealkylation sites (tertiary alicyclic amines) is 2. The van der Waals surface area contributed by atoms with Gasteiger partial charge in [-0.3, -0.25) is 4.79 Å². The lowest BCUT2D eigenvalue weighted by molar-refractivity contribution is -0.159. The van der Waals surface area contributed by atoms with Gasteiger partial charge in [0.25, 0.3) is 0 Å². The maximum absolute atomic E-state index is 12.7. The van der Waals surface area contributed by atoms with E-state index in [2.05, 4.69) is 28.9 Å². The normalized spacial score (nSPS) is 26.2. The molecule has 0 bridgehead atoms. The van der Waals surface area contributed by atoms with E-state index in [0.717, 1.165) is 44.9 Å². The molecule has 1 amide bonds. The van der Waals surface area contributed by atoms with E-state index in [1.54, 1.807) is 0 Å². The van der Waals surface area contributed by atoms with Crippen LogP contribution in [0.25, 0.3) is 0 Å². The van der Waals surface area contributed by atoms with Gasteiger partial charge in [0, 0.05) is 25.6 Å². The fourth-order valence-electron chi connectivity index (χ4n) is 4.40. The molecule has 2 aliphatic heterocycles.